The molecule has 0 saturated carbocycles. The number of hydrogen-bond acceptors (Lipinski definition) is 9. The summed E-state index contributed by atoms with van der Waals surface area (Å²) in [5.74, 6) is 0.398. The molecule has 0 amide bonds. The Hall–Kier alpha value is -3.47. The number of nitrogens with zero attached hydrogens (tertiary/aromatic N) is 2. The van der Waals surface area contributed by atoms with E-state index >= 15 is 0 Å². The summed E-state index contributed by atoms with van der Waals surface area (Å²) in [4.78, 5) is 7.59. The molecule has 0 spiro atoms. The average Bonchev–Trinajstić information content (AvgIpc) is 3.37. The number of aliphatic hydroxyl groups excluding tert-OH is 1. The SMILES string of the molecule is CC1(C)ON=C(c2ccc(OCCOCC(O)COCCOCCN(Cc3ccccc3)Cc3ccccc3)cc2)O1. The van der Waals surface area contributed by atoms with Gasteiger partial charge in [0.15, 0.2) is 0 Å². The van der Waals surface area contributed by atoms with E-state index < -0.39 is 11.9 Å². The standard InChI is InChI=1S/C33H42N2O7/c1-33(2)41-32(34-42-33)29-13-15-31(16-14-29)40-22-21-39-26-30(36)25-38-20-19-37-18-17-35(23-27-9-5-3-6-10-27)24-28-11-7-4-8-12-28/h3-16,30,36H,17-26H2,1-2H3. The first kappa shape index (κ1) is 31.5. The summed E-state index contributed by atoms with van der Waals surface area (Å²) in [6.45, 7) is 8.68. The fourth-order valence-electron chi connectivity index (χ4n) is 4.24. The molecule has 0 radical (unpaired) electrons. The molecule has 1 aliphatic heterocycles. The average molecular weight is 579 g/mol. The van der Waals surface area contributed by atoms with E-state index in [0.29, 0.717) is 44.7 Å². The molecule has 9 heteroatoms. The van der Waals surface area contributed by atoms with Gasteiger partial charge in [-0.25, -0.2) is 0 Å². The predicted octanol–water partition coefficient (Wildman–Crippen LogP) is 4.62. The molecule has 0 aliphatic carbocycles. The van der Waals surface area contributed by atoms with Crippen molar-refractivity contribution in [2.45, 2.75) is 38.8 Å². The third kappa shape index (κ3) is 11.4. The molecule has 0 saturated heterocycles. The van der Waals surface area contributed by atoms with Crippen LogP contribution in [0.25, 0.3) is 0 Å². The van der Waals surface area contributed by atoms with Crippen LogP contribution in [0.3, 0.4) is 0 Å². The summed E-state index contributed by atoms with van der Waals surface area (Å²) in [6, 6.07) is 28.3. The largest absolute Gasteiger partial charge is 0.491 e. The van der Waals surface area contributed by atoms with Gasteiger partial charge in [-0.15, -0.1) is 0 Å². The van der Waals surface area contributed by atoms with Crippen LogP contribution in [0, 0.1) is 0 Å². The Labute approximate surface area is 248 Å². The van der Waals surface area contributed by atoms with Crippen LogP contribution >= 0.6 is 0 Å². The van der Waals surface area contributed by atoms with Gasteiger partial charge in [0.25, 0.3) is 11.7 Å². The number of benzene rings is 3. The van der Waals surface area contributed by atoms with Gasteiger partial charge < -0.3 is 33.6 Å². The zero-order valence-electron chi connectivity index (χ0n) is 24.5. The lowest BCUT2D eigenvalue weighted by molar-refractivity contribution is -0.128. The fourth-order valence-corrected chi connectivity index (χ4v) is 4.24. The van der Waals surface area contributed by atoms with Gasteiger partial charge in [-0.2, -0.15) is 0 Å². The van der Waals surface area contributed by atoms with Crippen LogP contribution in [0.2, 0.25) is 0 Å². The maximum atomic E-state index is 10.1. The van der Waals surface area contributed by atoms with Gasteiger partial charge in [0.1, 0.15) is 18.5 Å². The van der Waals surface area contributed by atoms with E-state index in [1.54, 1.807) is 13.8 Å². The van der Waals surface area contributed by atoms with Gasteiger partial charge in [0, 0.05) is 39.0 Å². The molecular formula is C33H42N2O7. The molecule has 1 unspecified atom stereocenters. The Morgan fingerprint density at radius 3 is 1.88 bits per heavy atom. The maximum Gasteiger partial charge on any atom is 0.271 e. The molecule has 0 aromatic heterocycles. The van der Waals surface area contributed by atoms with E-state index in [9.17, 15) is 5.11 Å². The van der Waals surface area contributed by atoms with Crippen molar-refractivity contribution in [2.24, 2.45) is 5.16 Å². The van der Waals surface area contributed by atoms with Crippen molar-refractivity contribution in [2.75, 3.05) is 52.8 Å². The molecule has 9 nitrogen and oxygen atoms in total. The van der Waals surface area contributed by atoms with Crippen LogP contribution in [0.5, 0.6) is 5.75 Å². The van der Waals surface area contributed by atoms with E-state index in [2.05, 4.69) is 58.6 Å². The summed E-state index contributed by atoms with van der Waals surface area (Å²) in [5, 5.41) is 14.1. The van der Waals surface area contributed by atoms with Crippen molar-refractivity contribution in [3.63, 3.8) is 0 Å². The Bertz CT molecular complexity index is 1150. The summed E-state index contributed by atoms with van der Waals surface area (Å²) in [7, 11) is 0. The molecule has 1 heterocycles. The first-order valence-electron chi connectivity index (χ1n) is 14.4. The molecular weight excluding hydrogens is 536 g/mol. The number of ether oxygens (including phenoxy) is 5. The van der Waals surface area contributed by atoms with Crippen molar-refractivity contribution in [3.05, 3.63) is 102 Å². The van der Waals surface area contributed by atoms with Crippen LogP contribution in [0.1, 0.15) is 30.5 Å². The highest BCUT2D eigenvalue weighted by Gasteiger charge is 2.30. The summed E-state index contributed by atoms with van der Waals surface area (Å²) >= 11 is 0. The second-order valence-corrected chi connectivity index (χ2v) is 10.5. The number of aliphatic hydroxyl groups is 1. The van der Waals surface area contributed by atoms with Gasteiger partial charge in [-0.1, -0.05) is 60.7 Å². The van der Waals surface area contributed by atoms with Crippen LogP contribution in [0.15, 0.2) is 90.1 Å². The lowest BCUT2D eigenvalue weighted by Gasteiger charge is -2.22. The zero-order valence-corrected chi connectivity index (χ0v) is 24.5. The molecule has 0 bridgehead atoms. The monoisotopic (exact) mass is 578 g/mol. The van der Waals surface area contributed by atoms with Crippen LogP contribution in [-0.2, 0) is 36.9 Å². The highest BCUT2D eigenvalue weighted by molar-refractivity contribution is 5.94. The van der Waals surface area contributed by atoms with E-state index in [1.165, 1.54) is 11.1 Å². The molecule has 1 aliphatic rings. The van der Waals surface area contributed by atoms with Gasteiger partial charge >= 0.3 is 0 Å². The van der Waals surface area contributed by atoms with Gasteiger partial charge in [0.2, 0.25) is 0 Å². The van der Waals surface area contributed by atoms with Gasteiger partial charge in [-0.05, 0) is 40.5 Å². The van der Waals surface area contributed by atoms with E-state index in [1.807, 2.05) is 36.4 Å². The second kappa shape index (κ2) is 16.8. The van der Waals surface area contributed by atoms with E-state index in [0.717, 1.165) is 25.2 Å². The number of oxime groups is 1. The molecule has 226 valence electrons. The summed E-state index contributed by atoms with van der Waals surface area (Å²) in [6.07, 6.45) is -0.713. The van der Waals surface area contributed by atoms with Crippen molar-refractivity contribution in [3.8, 4) is 5.75 Å². The highest BCUT2D eigenvalue weighted by atomic mass is 16.8. The molecule has 1 atom stereocenters. The van der Waals surface area contributed by atoms with Gasteiger partial charge in [-0.3, -0.25) is 4.90 Å². The summed E-state index contributed by atoms with van der Waals surface area (Å²) < 4.78 is 28.2. The quantitative estimate of drug-likeness (QED) is 0.206. The first-order valence-corrected chi connectivity index (χ1v) is 14.4. The van der Waals surface area contributed by atoms with Crippen LogP contribution < -0.4 is 4.74 Å². The number of rotatable bonds is 19. The lowest BCUT2D eigenvalue weighted by Crippen LogP contribution is -2.27. The Kier molecular flexibility index (Phi) is 12.6. The van der Waals surface area contributed by atoms with Gasteiger partial charge in [0.05, 0.1) is 39.6 Å². The zero-order chi connectivity index (χ0) is 29.5. The topological polar surface area (TPSA) is 91.2 Å². The van der Waals surface area contributed by atoms with Crippen molar-refractivity contribution in [1.29, 1.82) is 0 Å². The fraction of sp³-hybridized carbons (Fsp3) is 0.424. The van der Waals surface area contributed by atoms with E-state index in [-0.39, 0.29) is 13.2 Å². The maximum absolute atomic E-state index is 10.1. The molecule has 3 aromatic carbocycles. The molecule has 42 heavy (non-hydrogen) atoms. The van der Waals surface area contributed by atoms with Crippen molar-refractivity contribution >= 4 is 5.90 Å². The number of hydrogen-bond donors (Lipinski definition) is 1. The smallest absolute Gasteiger partial charge is 0.271 e. The second-order valence-electron chi connectivity index (χ2n) is 10.5. The van der Waals surface area contributed by atoms with Crippen molar-refractivity contribution < 1.29 is 33.6 Å². The Morgan fingerprint density at radius 1 is 0.738 bits per heavy atom. The predicted molar refractivity (Wildman–Crippen MR) is 160 cm³/mol. The lowest BCUT2D eigenvalue weighted by atomic mass is 10.1. The first-order chi connectivity index (χ1) is 20.5. The third-order valence-electron chi connectivity index (χ3n) is 6.33. The normalized spacial score (nSPS) is 14.7. The van der Waals surface area contributed by atoms with Crippen molar-refractivity contribution in [1.82, 2.24) is 4.90 Å². The van der Waals surface area contributed by atoms with Crippen LogP contribution in [0.4, 0.5) is 0 Å². The molecule has 1 N–H and O–H groups in total. The third-order valence-corrected chi connectivity index (χ3v) is 6.33. The molecule has 4 rings (SSSR count). The molecule has 3 aromatic rings. The minimum Gasteiger partial charge on any atom is -0.491 e. The Balaban J connectivity index is 1.02. The van der Waals surface area contributed by atoms with Crippen LogP contribution in [-0.4, -0.2) is 80.6 Å². The minimum atomic E-state index is -0.751. The highest BCUT2D eigenvalue weighted by Crippen LogP contribution is 2.23. The molecule has 0 fully saturated rings. The van der Waals surface area contributed by atoms with E-state index in [4.69, 9.17) is 28.5 Å². The Morgan fingerprint density at radius 2 is 1.31 bits per heavy atom. The summed E-state index contributed by atoms with van der Waals surface area (Å²) in [5.41, 5.74) is 3.37. The minimum absolute atomic E-state index is 0.171.